The van der Waals surface area contributed by atoms with E-state index >= 15 is 0 Å². The lowest BCUT2D eigenvalue weighted by molar-refractivity contribution is -0.127. The van der Waals surface area contributed by atoms with Crippen molar-refractivity contribution in [3.8, 4) is 11.5 Å². The Morgan fingerprint density at radius 1 is 1.35 bits per heavy atom. The van der Waals surface area contributed by atoms with Crippen LogP contribution in [0.15, 0.2) is 18.2 Å². The quantitative estimate of drug-likeness (QED) is 0.850. The average molecular weight is 237 g/mol. The monoisotopic (exact) mass is 237 g/mol. The lowest BCUT2D eigenvalue weighted by Gasteiger charge is -2.21. The van der Waals surface area contributed by atoms with Crippen LogP contribution in [0, 0.1) is 12.3 Å². The van der Waals surface area contributed by atoms with E-state index < -0.39 is 5.41 Å². The van der Waals surface area contributed by atoms with E-state index in [-0.39, 0.29) is 12.5 Å². The number of nitrogens with two attached hydrogens (primary N) is 1. The third-order valence-corrected chi connectivity index (χ3v) is 2.57. The molecule has 0 bridgehead atoms. The molecule has 0 aliphatic rings. The summed E-state index contributed by atoms with van der Waals surface area (Å²) >= 11 is 0. The van der Waals surface area contributed by atoms with Gasteiger partial charge in [-0.1, -0.05) is 6.07 Å². The molecule has 0 aromatic heterocycles. The molecule has 0 unspecified atom stereocenters. The van der Waals surface area contributed by atoms with Crippen molar-refractivity contribution in [1.29, 1.82) is 0 Å². The van der Waals surface area contributed by atoms with Gasteiger partial charge in [0.05, 0.1) is 12.5 Å². The molecular weight excluding hydrogens is 218 g/mol. The Labute approximate surface area is 102 Å². The molecule has 0 aliphatic heterocycles. The molecule has 2 N–H and O–H groups in total. The average Bonchev–Trinajstić information content (AvgIpc) is 2.27. The zero-order valence-corrected chi connectivity index (χ0v) is 10.7. The van der Waals surface area contributed by atoms with E-state index in [1.807, 2.05) is 25.1 Å². The maximum atomic E-state index is 11.2. The second-order valence-corrected chi connectivity index (χ2v) is 4.69. The number of carbonyl (C=O) groups excluding carboxylic acids is 1. The van der Waals surface area contributed by atoms with E-state index in [9.17, 15) is 4.79 Å². The lowest BCUT2D eigenvalue weighted by Crippen LogP contribution is -2.36. The summed E-state index contributed by atoms with van der Waals surface area (Å²) < 4.78 is 10.8. The highest BCUT2D eigenvalue weighted by Crippen LogP contribution is 2.29. The molecular formula is C13H19NO3. The fourth-order valence-corrected chi connectivity index (χ4v) is 1.22. The van der Waals surface area contributed by atoms with Gasteiger partial charge in [-0.15, -0.1) is 0 Å². The van der Waals surface area contributed by atoms with Gasteiger partial charge >= 0.3 is 0 Å². The summed E-state index contributed by atoms with van der Waals surface area (Å²) in [6.07, 6.45) is 0. The summed E-state index contributed by atoms with van der Waals surface area (Å²) in [5.41, 5.74) is 5.67. The molecule has 1 aromatic carbocycles. The number of aryl methyl sites for hydroxylation is 1. The molecule has 0 aliphatic carbocycles. The molecule has 17 heavy (non-hydrogen) atoms. The van der Waals surface area contributed by atoms with Crippen molar-refractivity contribution in [3.05, 3.63) is 23.8 Å². The topological polar surface area (TPSA) is 61.6 Å². The molecule has 4 heteroatoms. The highest BCUT2D eigenvalue weighted by molar-refractivity contribution is 5.80. The van der Waals surface area contributed by atoms with Crippen LogP contribution < -0.4 is 15.2 Å². The second kappa shape index (κ2) is 5.08. The molecule has 94 valence electrons. The van der Waals surface area contributed by atoms with E-state index in [2.05, 4.69) is 0 Å². The van der Waals surface area contributed by atoms with Gasteiger partial charge in [0.25, 0.3) is 0 Å². The van der Waals surface area contributed by atoms with Gasteiger partial charge in [0.2, 0.25) is 5.91 Å². The number of hydrogen-bond donors (Lipinski definition) is 1. The summed E-state index contributed by atoms with van der Waals surface area (Å²) in [5.74, 6) is 0.890. The minimum Gasteiger partial charge on any atom is -0.493 e. The van der Waals surface area contributed by atoms with Crippen LogP contribution in [0.2, 0.25) is 0 Å². The smallest absolute Gasteiger partial charge is 0.226 e. The van der Waals surface area contributed by atoms with Gasteiger partial charge in [0, 0.05) is 0 Å². The molecule has 0 heterocycles. The Bertz CT molecular complexity index is 413. The Balaban J connectivity index is 2.79. The first kappa shape index (κ1) is 13.4. The van der Waals surface area contributed by atoms with E-state index in [0.717, 1.165) is 5.56 Å². The van der Waals surface area contributed by atoms with Gasteiger partial charge in [-0.25, -0.2) is 0 Å². The van der Waals surface area contributed by atoms with Crippen LogP contribution >= 0.6 is 0 Å². The minimum absolute atomic E-state index is 0.224. The van der Waals surface area contributed by atoms with Crippen LogP contribution in [0.1, 0.15) is 19.4 Å². The first-order chi connectivity index (χ1) is 7.86. The predicted octanol–water partition coefficient (Wildman–Crippen LogP) is 1.89. The van der Waals surface area contributed by atoms with Gasteiger partial charge in [0.15, 0.2) is 11.5 Å². The maximum absolute atomic E-state index is 11.2. The summed E-state index contributed by atoms with van der Waals surface area (Å²) in [6.45, 7) is 5.69. The van der Waals surface area contributed by atoms with Gasteiger partial charge < -0.3 is 15.2 Å². The van der Waals surface area contributed by atoms with E-state index in [4.69, 9.17) is 15.2 Å². The minimum atomic E-state index is -0.699. The van der Waals surface area contributed by atoms with Gasteiger partial charge in [-0.05, 0) is 38.5 Å². The first-order valence-corrected chi connectivity index (χ1v) is 5.44. The maximum Gasteiger partial charge on any atom is 0.226 e. The summed E-state index contributed by atoms with van der Waals surface area (Å²) in [7, 11) is 1.58. The predicted molar refractivity (Wildman–Crippen MR) is 66.2 cm³/mol. The molecule has 0 spiro atoms. The van der Waals surface area contributed by atoms with Crippen LogP contribution in [0.4, 0.5) is 0 Å². The third-order valence-electron chi connectivity index (χ3n) is 2.57. The van der Waals surface area contributed by atoms with Crippen LogP contribution in [-0.4, -0.2) is 19.6 Å². The molecule has 1 rings (SSSR count). The fraction of sp³-hybridized carbons (Fsp3) is 0.462. The number of carbonyl (C=O) groups is 1. The number of ether oxygens (including phenoxy) is 2. The molecule has 0 fully saturated rings. The molecule has 0 radical (unpaired) electrons. The highest BCUT2D eigenvalue weighted by atomic mass is 16.5. The van der Waals surface area contributed by atoms with Crippen molar-refractivity contribution in [2.75, 3.05) is 13.7 Å². The summed E-state index contributed by atoms with van der Waals surface area (Å²) in [6, 6.07) is 5.63. The summed E-state index contributed by atoms with van der Waals surface area (Å²) in [4.78, 5) is 11.2. The zero-order chi connectivity index (χ0) is 13.1. The number of methoxy groups -OCH3 is 1. The van der Waals surface area contributed by atoms with Crippen LogP contribution in [0.5, 0.6) is 11.5 Å². The Morgan fingerprint density at radius 2 is 2.00 bits per heavy atom. The van der Waals surface area contributed by atoms with E-state index in [1.54, 1.807) is 21.0 Å². The van der Waals surface area contributed by atoms with E-state index in [0.29, 0.717) is 11.5 Å². The van der Waals surface area contributed by atoms with Crippen molar-refractivity contribution < 1.29 is 14.3 Å². The van der Waals surface area contributed by atoms with Crippen molar-refractivity contribution in [2.24, 2.45) is 11.1 Å². The molecule has 1 aromatic rings. The Hall–Kier alpha value is -1.71. The molecule has 0 atom stereocenters. The standard InChI is InChI=1S/C13H19NO3/c1-9-5-6-10(11(7-9)16-4)17-8-13(2,3)12(14)15/h5-7H,8H2,1-4H3,(H2,14,15). The third kappa shape index (κ3) is 3.37. The number of benzene rings is 1. The fourth-order valence-electron chi connectivity index (χ4n) is 1.22. The van der Waals surface area contributed by atoms with E-state index in [1.165, 1.54) is 0 Å². The summed E-state index contributed by atoms with van der Waals surface area (Å²) in [5, 5.41) is 0. The molecule has 0 saturated heterocycles. The van der Waals surface area contributed by atoms with Gasteiger partial charge in [-0.2, -0.15) is 0 Å². The van der Waals surface area contributed by atoms with Crippen molar-refractivity contribution in [2.45, 2.75) is 20.8 Å². The Kier molecular flexibility index (Phi) is 3.99. The number of amides is 1. The highest BCUT2D eigenvalue weighted by Gasteiger charge is 2.26. The number of rotatable bonds is 5. The Morgan fingerprint density at radius 3 is 2.53 bits per heavy atom. The van der Waals surface area contributed by atoms with Crippen molar-refractivity contribution in [3.63, 3.8) is 0 Å². The molecule has 1 amide bonds. The lowest BCUT2D eigenvalue weighted by atomic mass is 9.94. The molecule has 4 nitrogen and oxygen atoms in total. The zero-order valence-electron chi connectivity index (χ0n) is 10.7. The largest absolute Gasteiger partial charge is 0.493 e. The van der Waals surface area contributed by atoms with Crippen LogP contribution in [0.3, 0.4) is 0 Å². The number of primary amides is 1. The second-order valence-electron chi connectivity index (χ2n) is 4.69. The SMILES string of the molecule is COc1cc(C)ccc1OCC(C)(C)C(N)=O. The normalized spacial score (nSPS) is 11.1. The first-order valence-electron chi connectivity index (χ1n) is 5.44. The van der Waals surface area contributed by atoms with Crippen molar-refractivity contribution in [1.82, 2.24) is 0 Å². The van der Waals surface area contributed by atoms with Gasteiger partial charge in [-0.3, -0.25) is 4.79 Å². The molecule has 0 saturated carbocycles. The van der Waals surface area contributed by atoms with Gasteiger partial charge in [0.1, 0.15) is 6.61 Å². The van der Waals surface area contributed by atoms with Crippen LogP contribution in [0.25, 0.3) is 0 Å². The van der Waals surface area contributed by atoms with Crippen LogP contribution in [-0.2, 0) is 4.79 Å². The van der Waals surface area contributed by atoms with Crippen molar-refractivity contribution >= 4 is 5.91 Å². The number of hydrogen-bond acceptors (Lipinski definition) is 3.